The zero-order valence-corrected chi connectivity index (χ0v) is 18.1. The van der Waals surface area contributed by atoms with Crippen molar-refractivity contribution in [1.82, 2.24) is 20.1 Å². The van der Waals surface area contributed by atoms with Gasteiger partial charge in [0.15, 0.2) is 5.13 Å². The van der Waals surface area contributed by atoms with Crippen LogP contribution in [0.3, 0.4) is 0 Å². The van der Waals surface area contributed by atoms with Gasteiger partial charge in [-0.25, -0.2) is 9.78 Å². The molecular weight excluding hydrogens is 405 g/mol. The average molecular weight is 430 g/mol. The highest BCUT2D eigenvalue weighted by Crippen LogP contribution is 2.22. The summed E-state index contributed by atoms with van der Waals surface area (Å²) < 4.78 is 0. The molecule has 0 fully saturated rings. The number of benzene rings is 1. The number of carbonyl (C=O) groups is 1. The lowest BCUT2D eigenvalue weighted by atomic mass is 10.2. The number of amides is 2. The predicted octanol–water partition coefficient (Wildman–Crippen LogP) is 4.16. The first kappa shape index (κ1) is 21.9. The van der Waals surface area contributed by atoms with Crippen LogP contribution in [-0.2, 0) is 13.1 Å². The Labute approximate surface area is 174 Å². The summed E-state index contributed by atoms with van der Waals surface area (Å²) in [6.45, 7) is 3.18. The van der Waals surface area contributed by atoms with Gasteiger partial charge in [-0.3, -0.25) is 5.32 Å². The highest BCUT2D eigenvalue weighted by molar-refractivity contribution is 7.13. The fraction of sp³-hybridized carbons (Fsp3) is 0.444. The Balaban J connectivity index is 1.75. The van der Waals surface area contributed by atoms with Crippen molar-refractivity contribution in [2.45, 2.75) is 19.5 Å². The minimum Gasteiger partial charge on any atom is -0.334 e. The summed E-state index contributed by atoms with van der Waals surface area (Å²) in [4.78, 5) is 20.9. The van der Waals surface area contributed by atoms with E-state index in [4.69, 9.17) is 23.2 Å². The summed E-state index contributed by atoms with van der Waals surface area (Å²) in [6, 6.07) is 4.96. The molecule has 0 aliphatic rings. The Morgan fingerprint density at radius 1 is 1.19 bits per heavy atom. The molecule has 148 valence electrons. The van der Waals surface area contributed by atoms with E-state index in [1.54, 1.807) is 12.1 Å². The van der Waals surface area contributed by atoms with Crippen LogP contribution in [0.25, 0.3) is 0 Å². The van der Waals surface area contributed by atoms with Gasteiger partial charge in [0.25, 0.3) is 0 Å². The number of halogens is 2. The van der Waals surface area contributed by atoms with Gasteiger partial charge >= 0.3 is 6.03 Å². The molecule has 0 aliphatic heterocycles. The molecule has 2 aromatic rings. The molecule has 1 aromatic heterocycles. The van der Waals surface area contributed by atoms with Crippen LogP contribution in [0.5, 0.6) is 0 Å². The first-order chi connectivity index (χ1) is 12.8. The molecule has 0 aliphatic carbocycles. The molecule has 0 spiro atoms. The molecule has 27 heavy (non-hydrogen) atoms. The van der Waals surface area contributed by atoms with Crippen LogP contribution in [0.1, 0.15) is 17.7 Å². The fourth-order valence-electron chi connectivity index (χ4n) is 2.42. The molecule has 2 rings (SSSR count). The van der Waals surface area contributed by atoms with E-state index in [0.717, 1.165) is 37.3 Å². The SMILES string of the molecule is CN(C)CCCN(C)Cc1csc(NC(=O)NCc2ccc(Cl)c(Cl)c2)n1. The molecule has 1 heterocycles. The van der Waals surface area contributed by atoms with Gasteiger partial charge in [-0.05, 0) is 58.3 Å². The summed E-state index contributed by atoms with van der Waals surface area (Å²) in [5.74, 6) is 0. The molecule has 1 aromatic carbocycles. The number of aromatic nitrogens is 1. The smallest absolute Gasteiger partial charge is 0.321 e. The fourth-order valence-corrected chi connectivity index (χ4v) is 3.44. The number of thiazole rings is 1. The molecule has 0 saturated carbocycles. The lowest BCUT2D eigenvalue weighted by Gasteiger charge is -2.16. The van der Waals surface area contributed by atoms with Crippen LogP contribution in [0.15, 0.2) is 23.6 Å². The first-order valence-corrected chi connectivity index (χ1v) is 10.2. The summed E-state index contributed by atoms with van der Waals surface area (Å²) in [7, 11) is 6.22. The maximum Gasteiger partial charge on any atom is 0.321 e. The maximum atomic E-state index is 12.0. The van der Waals surface area contributed by atoms with Crippen molar-refractivity contribution in [3.8, 4) is 0 Å². The van der Waals surface area contributed by atoms with Crippen molar-refractivity contribution in [1.29, 1.82) is 0 Å². The van der Waals surface area contributed by atoms with E-state index in [9.17, 15) is 4.79 Å². The van der Waals surface area contributed by atoms with Crippen LogP contribution in [-0.4, -0.2) is 55.0 Å². The number of anilines is 1. The van der Waals surface area contributed by atoms with Gasteiger partial charge < -0.3 is 15.1 Å². The van der Waals surface area contributed by atoms with Gasteiger partial charge in [0.2, 0.25) is 0 Å². The minimum atomic E-state index is -0.304. The molecule has 0 saturated heterocycles. The van der Waals surface area contributed by atoms with E-state index in [-0.39, 0.29) is 6.03 Å². The number of nitrogens with one attached hydrogen (secondary N) is 2. The molecule has 9 heteroatoms. The van der Waals surface area contributed by atoms with E-state index in [2.05, 4.69) is 46.6 Å². The van der Waals surface area contributed by atoms with Gasteiger partial charge in [-0.15, -0.1) is 11.3 Å². The number of carbonyl (C=O) groups excluding carboxylic acids is 1. The predicted molar refractivity (Wildman–Crippen MR) is 114 cm³/mol. The number of rotatable bonds is 9. The highest BCUT2D eigenvalue weighted by Gasteiger charge is 2.09. The Morgan fingerprint density at radius 3 is 2.67 bits per heavy atom. The molecule has 2 N–H and O–H groups in total. The topological polar surface area (TPSA) is 60.5 Å². The Hall–Kier alpha value is -1.38. The lowest BCUT2D eigenvalue weighted by Crippen LogP contribution is -2.28. The second kappa shape index (κ2) is 10.8. The highest BCUT2D eigenvalue weighted by atomic mass is 35.5. The summed E-state index contributed by atoms with van der Waals surface area (Å²) in [5.41, 5.74) is 1.82. The number of hydrogen-bond acceptors (Lipinski definition) is 5. The number of nitrogens with zero attached hydrogens (tertiary/aromatic N) is 3. The monoisotopic (exact) mass is 429 g/mol. The van der Waals surface area contributed by atoms with Gasteiger partial charge in [-0.2, -0.15) is 0 Å². The van der Waals surface area contributed by atoms with Crippen molar-refractivity contribution in [2.75, 3.05) is 39.5 Å². The van der Waals surface area contributed by atoms with E-state index in [1.807, 2.05) is 11.4 Å². The number of hydrogen-bond donors (Lipinski definition) is 2. The summed E-state index contributed by atoms with van der Waals surface area (Å²) in [5, 5.41) is 9.06. The van der Waals surface area contributed by atoms with Crippen LogP contribution in [0, 0.1) is 0 Å². The standard InChI is InChI=1S/C18H25Cl2N5OS/c1-24(2)7-4-8-25(3)11-14-12-27-18(22-14)23-17(26)21-10-13-5-6-15(19)16(20)9-13/h5-6,9,12H,4,7-8,10-11H2,1-3H3,(H2,21,22,23,26). The van der Waals surface area contributed by atoms with Gasteiger partial charge in [0, 0.05) is 18.5 Å². The third-order valence-electron chi connectivity index (χ3n) is 3.79. The zero-order valence-electron chi connectivity index (χ0n) is 15.8. The van der Waals surface area contributed by atoms with Crippen molar-refractivity contribution < 1.29 is 4.79 Å². The minimum absolute atomic E-state index is 0.304. The van der Waals surface area contributed by atoms with Crippen LogP contribution >= 0.6 is 34.5 Å². The van der Waals surface area contributed by atoms with Crippen molar-refractivity contribution in [3.05, 3.63) is 44.9 Å². The third-order valence-corrected chi connectivity index (χ3v) is 5.33. The van der Waals surface area contributed by atoms with E-state index in [1.165, 1.54) is 11.3 Å². The maximum absolute atomic E-state index is 12.0. The Morgan fingerprint density at radius 2 is 1.96 bits per heavy atom. The largest absolute Gasteiger partial charge is 0.334 e. The van der Waals surface area contributed by atoms with Gasteiger partial charge in [0.1, 0.15) is 0 Å². The zero-order chi connectivity index (χ0) is 19.8. The van der Waals surface area contributed by atoms with Gasteiger partial charge in [0.05, 0.1) is 15.7 Å². The Bertz CT molecular complexity index is 753. The quantitative estimate of drug-likeness (QED) is 0.628. The molecule has 6 nitrogen and oxygen atoms in total. The summed E-state index contributed by atoms with van der Waals surface area (Å²) in [6.07, 6.45) is 1.11. The second-order valence-electron chi connectivity index (χ2n) is 6.59. The summed E-state index contributed by atoms with van der Waals surface area (Å²) >= 11 is 13.3. The molecule has 0 bridgehead atoms. The van der Waals surface area contributed by atoms with Crippen LogP contribution in [0.2, 0.25) is 10.0 Å². The second-order valence-corrected chi connectivity index (χ2v) is 8.27. The van der Waals surface area contributed by atoms with E-state index in [0.29, 0.717) is 21.7 Å². The van der Waals surface area contributed by atoms with Crippen molar-refractivity contribution in [2.24, 2.45) is 0 Å². The van der Waals surface area contributed by atoms with E-state index < -0.39 is 0 Å². The van der Waals surface area contributed by atoms with Crippen LogP contribution < -0.4 is 10.6 Å². The van der Waals surface area contributed by atoms with Crippen molar-refractivity contribution >= 4 is 45.7 Å². The number of urea groups is 1. The third kappa shape index (κ3) is 8.02. The van der Waals surface area contributed by atoms with Gasteiger partial charge in [-0.1, -0.05) is 29.3 Å². The molecule has 2 amide bonds. The average Bonchev–Trinajstić information content (AvgIpc) is 3.02. The normalized spacial score (nSPS) is 11.2. The van der Waals surface area contributed by atoms with Crippen molar-refractivity contribution in [3.63, 3.8) is 0 Å². The van der Waals surface area contributed by atoms with E-state index >= 15 is 0 Å². The molecular formula is C18H25Cl2N5OS. The van der Waals surface area contributed by atoms with Crippen LogP contribution in [0.4, 0.5) is 9.93 Å². The molecule has 0 radical (unpaired) electrons. The lowest BCUT2D eigenvalue weighted by molar-refractivity contribution is 0.251. The Kier molecular flexibility index (Phi) is 8.79. The molecule has 0 atom stereocenters. The first-order valence-electron chi connectivity index (χ1n) is 8.60. The molecule has 0 unspecified atom stereocenters.